The smallest absolute Gasteiger partial charge is 0.239 e. The van der Waals surface area contributed by atoms with Crippen LogP contribution in [0.15, 0.2) is 18.2 Å². The van der Waals surface area contributed by atoms with Crippen LogP contribution in [0.3, 0.4) is 0 Å². The number of phenols is 1. The van der Waals surface area contributed by atoms with Gasteiger partial charge in [0, 0.05) is 13.1 Å². The number of rotatable bonds is 8. The molecule has 4 N–H and O–H groups in total. The lowest BCUT2D eigenvalue weighted by molar-refractivity contribution is -0.120. The van der Waals surface area contributed by atoms with Gasteiger partial charge in [-0.15, -0.1) is 0 Å². The van der Waals surface area contributed by atoms with Crippen LogP contribution in [0.5, 0.6) is 5.75 Å². The molecule has 0 saturated heterocycles. The van der Waals surface area contributed by atoms with Crippen LogP contribution in [0, 0.1) is 5.82 Å². The Morgan fingerprint density at radius 3 is 2.60 bits per heavy atom. The van der Waals surface area contributed by atoms with E-state index in [0.29, 0.717) is 12.1 Å². The normalized spacial score (nSPS) is 12.6. The highest BCUT2D eigenvalue weighted by molar-refractivity contribution is 5.81. The topological polar surface area (TPSA) is 78.6 Å². The Morgan fingerprint density at radius 2 is 2.10 bits per heavy atom. The summed E-state index contributed by atoms with van der Waals surface area (Å²) >= 11 is 0. The highest BCUT2D eigenvalue weighted by Crippen LogP contribution is 2.20. The number of aromatic hydroxyl groups is 1. The van der Waals surface area contributed by atoms with Crippen molar-refractivity contribution < 1.29 is 14.3 Å². The van der Waals surface area contributed by atoms with Crippen molar-refractivity contribution in [3.63, 3.8) is 0 Å². The molecule has 1 amide bonds. The molecule has 1 aromatic rings. The van der Waals surface area contributed by atoms with Gasteiger partial charge in [0.25, 0.3) is 0 Å². The number of hydrogen-bond acceptors (Lipinski definition) is 4. The third-order valence-electron chi connectivity index (χ3n) is 3.26. The largest absolute Gasteiger partial charge is 0.505 e. The molecule has 0 aliphatic heterocycles. The van der Waals surface area contributed by atoms with Gasteiger partial charge in [0.1, 0.15) is 6.04 Å². The molecule has 0 bridgehead atoms. The van der Waals surface area contributed by atoms with Gasteiger partial charge in [-0.3, -0.25) is 4.79 Å². The van der Waals surface area contributed by atoms with Crippen molar-refractivity contribution in [2.24, 2.45) is 5.73 Å². The van der Waals surface area contributed by atoms with Gasteiger partial charge in [0.05, 0.1) is 0 Å². The Bertz CT molecular complexity index is 450. The third kappa shape index (κ3) is 4.47. The molecule has 0 spiro atoms. The van der Waals surface area contributed by atoms with Crippen LogP contribution in [0.2, 0.25) is 0 Å². The molecular weight excluding hydrogens is 261 g/mol. The van der Waals surface area contributed by atoms with E-state index < -0.39 is 23.5 Å². The van der Waals surface area contributed by atoms with Crippen LogP contribution < -0.4 is 11.1 Å². The number of amides is 1. The molecule has 0 aliphatic rings. The molecule has 0 radical (unpaired) electrons. The number of hydrogen-bond donors (Lipinski definition) is 3. The van der Waals surface area contributed by atoms with E-state index >= 15 is 0 Å². The molecule has 1 rings (SSSR count). The van der Waals surface area contributed by atoms with E-state index in [1.54, 1.807) is 0 Å². The zero-order chi connectivity index (χ0) is 15.1. The van der Waals surface area contributed by atoms with Crippen LogP contribution in [0.1, 0.15) is 25.5 Å². The molecule has 1 aromatic carbocycles. The SMILES string of the molecule is CCN(CC)CCNC(C(N)=O)c1ccc(O)c(F)c1. The van der Waals surface area contributed by atoms with E-state index in [1.807, 2.05) is 0 Å². The lowest BCUT2D eigenvalue weighted by Gasteiger charge is -2.21. The van der Waals surface area contributed by atoms with E-state index in [9.17, 15) is 9.18 Å². The Kier molecular flexibility index (Phi) is 6.41. The number of likely N-dealkylation sites (N-methyl/N-ethyl adjacent to an activating group) is 1. The van der Waals surface area contributed by atoms with E-state index in [2.05, 4.69) is 24.1 Å². The molecule has 0 fully saturated rings. The minimum Gasteiger partial charge on any atom is -0.505 e. The standard InChI is InChI=1S/C14H22FN3O2/c1-3-18(4-2)8-7-17-13(14(16)20)10-5-6-12(19)11(15)9-10/h5-6,9,13,17,19H,3-4,7-8H2,1-2H3,(H2,16,20). The molecule has 1 unspecified atom stereocenters. The minimum atomic E-state index is -0.765. The number of halogens is 1. The highest BCUT2D eigenvalue weighted by Gasteiger charge is 2.18. The summed E-state index contributed by atoms with van der Waals surface area (Å²) in [5, 5.41) is 12.2. The summed E-state index contributed by atoms with van der Waals surface area (Å²) in [5.41, 5.74) is 5.75. The van der Waals surface area contributed by atoms with Crippen molar-refractivity contribution in [1.29, 1.82) is 0 Å². The van der Waals surface area contributed by atoms with Crippen molar-refractivity contribution in [2.45, 2.75) is 19.9 Å². The first-order chi connectivity index (χ1) is 9.49. The fraction of sp³-hybridized carbons (Fsp3) is 0.500. The maximum Gasteiger partial charge on any atom is 0.239 e. The van der Waals surface area contributed by atoms with Gasteiger partial charge in [-0.1, -0.05) is 19.9 Å². The molecule has 0 saturated carbocycles. The lowest BCUT2D eigenvalue weighted by atomic mass is 10.1. The Balaban J connectivity index is 2.69. The van der Waals surface area contributed by atoms with Crippen LogP contribution in [0.25, 0.3) is 0 Å². The molecular formula is C14H22FN3O2. The number of primary amides is 1. The summed E-state index contributed by atoms with van der Waals surface area (Å²) < 4.78 is 13.3. The maximum absolute atomic E-state index is 13.3. The van der Waals surface area contributed by atoms with Crippen LogP contribution >= 0.6 is 0 Å². The Morgan fingerprint density at radius 1 is 1.45 bits per heavy atom. The Hall–Kier alpha value is -1.66. The van der Waals surface area contributed by atoms with Crippen LogP contribution in [-0.4, -0.2) is 42.1 Å². The zero-order valence-electron chi connectivity index (χ0n) is 11.9. The quantitative estimate of drug-likeness (QED) is 0.665. The number of carbonyl (C=O) groups is 1. The van der Waals surface area contributed by atoms with E-state index in [0.717, 1.165) is 25.7 Å². The second-order valence-corrected chi connectivity index (χ2v) is 4.53. The van der Waals surface area contributed by atoms with Gasteiger partial charge in [0.2, 0.25) is 5.91 Å². The van der Waals surface area contributed by atoms with Gasteiger partial charge < -0.3 is 21.1 Å². The molecule has 0 heterocycles. The van der Waals surface area contributed by atoms with E-state index in [-0.39, 0.29) is 0 Å². The molecule has 6 heteroatoms. The van der Waals surface area contributed by atoms with Crippen molar-refractivity contribution in [2.75, 3.05) is 26.2 Å². The van der Waals surface area contributed by atoms with E-state index in [1.165, 1.54) is 12.1 Å². The van der Waals surface area contributed by atoms with Gasteiger partial charge in [-0.05, 0) is 30.8 Å². The van der Waals surface area contributed by atoms with Crippen LogP contribution in [0.4, 0.5) is 4.39 Å². The number of nitrogens with zero attached hydrogens (tertiary/aromatic N) is 1. The van der Waals surface area contributed by atoms with Crippen LogP contribution in [-0.2, 0) is 4.79 Å². The third-order valence-corrected chi connectivity index (χ3v) is 3.26. The number of carbonyl (C=O) groups excluding carboxylic acids is 1. The van der Waals surface area contributed by atoms with Gasteiger partial charge in [-0.2, -0.15) is 0 Å². The van der Waals surface area contributed by atoms with E-state index in [4.69, 9.17) is 10.8 Å². The first-order valence-electron chi connectivity index (χ1n) is 6.73. The average Bonchev–Trinajstić information content (AvgIpc) is 2.42. The molecule has 112 valence electrons. The van der Waals surface area contributed by atoms with Gasteiger partial charge in [-0.25, -0.2) is 4.39 Å². The zero-order valence-corrected chi connectivity index (χ0v) is 11.9. The maximum atomic E-state index is 13.3. The second kappa shape index (κ2) is 7.81. The number of nitrogens with two attached hydrogens (primary N) is 1. The van der Waals surface area contributed by atoms with Crippen molar-refractivity contribution in [3.05, 3.63) is 29.6 Å². The monoisotopic (exact) mass is 283 g/mol. The molecule has 0 aromatic heterocycles. The average molecular weight is 283 g/mol. The number of nitrogens with one attached hydrogen (secondary N) is 1. The van der Waals surface area contributed by atoms with Crippen molar-refractivity contribution >= 4 is 5.91 Å². The summed E-state index contributed by atoms with van der Waals surface area (Å²) in [7, 11) is 0. The summed E-state index contributed by atoms with van der Waals surface area (Å²) in [6.07, 6.45) is 0. The molecule has 1 atom stereocenters. The molecule has 20 heavy (non-hydrogen) atoms. The summed E-state index contributed by atoms with van der Waals surface area (Å²) in [5.74, 6) is -1.78. The summed E-state index contributed by atoms with van der Waals surface area (Å²) in [6, 6.07) is 3.06. The molecule has 5 nitrogen and oxygen atoms in total. The van der Waals surface area contributed by atoms with Gasteiger partial charge >= 0.3 is 0 Å². The lowest BCUT2D eigenvalue weighted by Crippen LogP contribution is -2.38. The molecule has 0 aliphatic carbocycles. The van der Waals surface area contributed by atoms with Crippen molar-refractivity contribution in [1.82, 2.24) is 10.2 Å². The first kappa shape index (κ1) is 16.4. The fourth-order valence-corrected chi connectivity index (χ4v) is 1.99. The minimum absolute atomic E-state index is 0.410. The number of benzene rings is 1. The van der Waals surface area contributed by atoms with Gasteiger partial charge in [0.15, 0.2) is 11.6 Å². The highest BCUT2D eigenvalue weighted by atomic mass is 19.1. The number of phenolic OH excluding ortho intramolecular Hbond substituents is 1. The summed E-state index contributed by atoms with van der Waals surface area (Å²) in [4.78, 5) is 13.7. The second-order valence-electron chi connectivity index (χ2n) is 4.53. The summed E-state index contributed by atoms with van der Waals surface area (Å²) in [6.45, 7) is 7.31. The van der Waals surface area contributed by atoms with Crippen molar-refractivity contribution in [3.8, 4) is 5.75 Å². The predicted octanol–water partition coefficient (Wildman–Crippen LogP) is 0.989. The fourth-order valence-electron chi connectivity index (χ4n) is 1.99. The Labute approximate surface area is 118 Å². The first-order valence-corrected chi connectivity index (χ1v) is 6.73. The predicted molar refractivity (Wildman–Crippen MR) is 75.8 cm³/mol.